The number of rotatable bonds is 8. The molecule has 0 saturated heterocycles. The van der Waals surface area contributed by atoms with Gasteiger partial charge in [-0.3, -0.25) is 10.1 Å². The number of hydrogen-bond acceptors (Lipinski definition) is 6. The molecule has 1 aliphatic rings. The average Bonchev–Trinajstić information content (AvgIpc) is 3.16. The summed E-state index contributed by atoms with van der Waals surface area (Å²) in [5.74, 6) is 0.431. The predicted molar refractivity (Wildman–Crippen MR) is 134 cm³/mol. The van der Waals surface area contributed by atoms with E-state index in [4.69, 9.17) is 9.47 Å². The Kier molecular flexibility index (Phi) is 7.26. The van der Waals surface area contributed by atoms with Crippen molar-refractivity contribution in [2.45, 2.75) is 26.3 Å². The third-order valence-corrected chi connectivity index (χ3v) is 7.13. The number of methoxy groups -OCH3 is 2. The number of amides is 3. The number of pyridine rings is 1. The molecule has 3 aromatic rings. The van der Waals surface area contributed by atoms with Crippen LogP contribution in [0.1, 0.15) is 21.6 Å². The SMILES string of the molecule is COC(CN1Cc2cc(C=CC(=O)N(C)Cc3sc4ccccc4c3C)cnc2NC1=O)OC. The van der Waals surface area contributed by atoms with Gasteiger partial charge in [-0.25, -0.2) is 9.78 Å². The van der Waals surface area contributed by atoms with Crippen molar-refractivity contribution >= 4 is 45.3 Å². The largest absolute Gasteiger partial charge is 0.354 e. The third kappa shape index (κ3) is 5.11. The molecule has 9 heteroatoms. The van der Waals surface area contributed by atoms with E-state index in [1.807, 2.05) is 18.2 Å². The first-order chi connectivity index (χ1) is 16.4. The number of aryl methyl sites for hydroxylation is 1. The normalized spacial score (nSPS) is 13.6. The van der Waals surface area contributed by atoms with Gasteiger partial charge in [-0.15, -0.1) is 11.3 Å². The Morgan fingerprint density at radius 3 is 2.82 bits per heavy atom. The lowest BCUT2D eigenvalue weighted by Crippen LogP contribution is -2.44. The lowest BCUT2D eigenvalue weighted by Gasteiger charge is -2.30. The number of anilines is 1. The monoisotopic (exact) mass is 480 g/mol. The molecule has 4 rings (SSSR count). The van der Waals surface area contributed by atoms with Crippen molar-refractivity contribution < 1.29 is 19.1 Å². The highest BCUT2D eigenvalue weighted by molar-refractivity contribution is 7.19. The van der Waals surface area contributed by atoms with E-state index in [-0.39, 0.29) is 11.9 Å². The lowest BCUT2D eigenvalue weighted by molar-refractivity contribution is -0.125. The van der Waals surface area contributed by atoms with E-state index in [0.717, 1.165) is 11.1 Å². The fourth-order valence-corrected chi connectivity index (χ4v) is 5.11. The van der Waals surface area contributed by atoms with Gasteiger partial charge < -0.3 is 19.3 Å². The zero-order valence-corrected chi connectivity index (χ0v) is 20.5. The zero-order chi connectivity index (χ0) is 24.2. The second kappa shape index (κ2) is 10.3. The number of urea groups is 1. The van der Waals surface area contributed by atoms with Crippen LogP contribution in [-0.4, -0.2) is 60.8 Å². The van der Waals surface area contributed by atoms with E-state index < -0.39 is 6.29 Å². The number of likely N-dealkylation sites (N-methyl/N-ethyl adjacent to an activating group) is 1. The molecule has 178 valence electrons. The molecule has 0 fully saturated rings. The number of hydrogen-bond donors (Lipinski definition) is 1. The van der Waals surface area contributed by atoms with Gasteiger partial charge in [-0.2, -0.15) is 0 Å². The van der Waals surface area contributed by atoms with E-state index in [1.54, 1.807) is 46.5 Å². The number of aromatic nitrogens is 1. The van der Waals surface area contributed by atoms with Crippen LogP contribution in [0.3, 0.4) is 0 Å². The average molecular weight is 481 g/mol. The maximum Gasteiger partial charge on any atom is 0.323 e. The van der Waals surface area contributed by atoms with Crippen LogP contribution in [0.4, 0.5) is 10.6 Å². The van der Waals surface area contributed by atoms with Crippen LogP contribution in [0.5, 0.6) is 0 Å². The molecule has 0 radical (unpaired) electrons. The van der Waals surface area contributed by atoms with Crippen LogP contribution in [0.15, 0.2) is 42.6 Å². The highest BCUT2D eigenvalue weighted by atomic mass is 32.1. The molecule has 8 nitrogen and oxygen atoms in total. The highest BCUT2D eigenvalue weighted by Crippen LogP contribution is 2.31. The number of carbonyl (C=O) groups excluding carboxylic acids is 2. The van der Waals surface area contributed by atoms with Gasteiger partial charge in [0.1, 0.15) is 5.82 Å². The molecule has 2 aromatic heterocycles. The molecule has 1 aliphatic heterocycles. The Balaban J connectivity index is 1.43. The summed E-state index contributed by atoms with van der Waals surface area (Å²) in [5, 5.41) is 4.02. The Bertz CT molecular complexity index is 1230. The summed E-state index contributed by atoms with van der Waals surface area (Å²) >= 11 is 1.72. The quantitative estimate of drug-likeness (QED) is 0.385. The molecule has 3 heterocycles. The van der Waals surface area contributed by atoms with Crippen molar-refractivity contribution in [1.82, 2.24) is 14.8 Å². The van der Waals surface area contributed by atoms with Gasteiger partial charge in [0, 0.05) is 48.7 Å². The topological polar surface area (TPSA) is 84.0 Å². The zero-order valence-electron chi connectivity index (χ0n) is 19.7. The molecule has 34 heavy (non-hydrogen) atoms. The first-order valence-electron chi connectivity index (χ1n) is 10.9. The number of ether oxygens (including phenoxy) is 2. The van der Waals surface area contributed by atoms with Crippen LogP contribution >= 0.6 is 11.3 Å². The van der Waals surface area contributed by atoms with Crippen molar-refractivity contribution in [3.8, 4) is 0 Å². The van der Waals surface area contributed by atoms with Crippen molar-refractivity contribution in [3.05, 3.63) is 64.2 Å². The van der Waals surface area contributed by atoms with Gasteiger partial charge in [0.15, 0.2) is 6.29 Å². The number of benzene rings is 1. The van der Waals surface area contributed by atoms with Gasteiger partial charge in [-0.1, -0.05) is 18.2 Å². The molecule has 0 atom stereocenters. The lowest BCUT2D eigenvalue weighted by atomic mass is 10.1. The molecule has 1 N–H and O–H groups in total. The summed E-state index contributed by atoms with van der Waals surface area (Å²) < 4.78 is 11.6. The fraction of sp³-hybridized carbons (Fsp3) is 0.320. The Morgan fingerprint density at radius 2 is 2.09 bits per heavy atom. The van der Waals surface area contributed by atoms with Gasteiger partial charge in [-0.05, 0) is 41.6 Å². The van der Waals surface area contributed by atoms with E-state index >= 15 is 0 Å². The first kappa shape index (κ1) is 23.9. The minimum atomic E-state index is -0.513. The molecular formula is C25H28N4O4S. The highest BCUT2D eigenvalue weighted by Gasteiger charge is 2.26. The van der Waals surface area contributed by atoms with Gasteiger partial charge in [0.25, 0.3) is 0 Å². The van der Waals surface area contributed by atoms with Crippen molar-refractivity contribution in [2.24, 2.45) is 0 Å². The summed E-state index contributed by atoms with van der Waals surface area (Å²) in [6.45, 7) is 3.32. The Labute approximate surface area is 202 Å². The van der Waals surface area contributed by atoms with E-state index in [1.165, 1.54) is 34.7 Å². The second-order valence-electron chi connectivity index (χ2n) is 8.16. The van der Waals surface area contributed by atoms with Crippen LogP contribution in [-0.2, 0) is 27.4 Å². The molecule has 0 unspecified atom stereocenters. The molecule has 1 aromatic carbocycles. The first-order valence-corrected chi connectivity index (χ1v) is 11.7. The van der Waals surface area contributed by atoms with Crippen LogP contribution < -0.4 is 5.32 Å². The van der Waals surface area contributed by atoms with E-state index in [2.05, 4.69) is 29.4 Å². The molecular weight excluding hydrogens is 452 g/mol. The minimum absolute atomic E-state index is 0.0902. The maximum absolute atomic E-state index is 12.7. The molecule has 0 spiro atoms. The molecule has 0 aliphatic carbocycles. The number of nitrogens with zero attached hydrogens (tertiary/aromatic N) is 3. The smallest absolute Gasteiger partial charge is 0.323 e. The second-order valence-corrected chi connectivity index (χ2v) is 9.30. The Hall–Kier alpha value is -3.27. The van der Waals surface area contributed by atoms with Crippen LogP contribution in [0.25, 0.3) is 16.2 Å². The molecule has 3 amide bonds. The summed E-state index contributed by atoms with van der Waals surface area (Å²) in [4.78, 5) is 33.9. The standard InChI is InChI=1S/C25H28N4O4S/c1-16-19-7-5-6-8-20(19)34-21(16)14-28(2)22(30)10-9-17-11-18-13-29(15-23(32-3)33-4)25(31)27-24(18)26-12-17/h5-12,23H,13-15H2,1-4H3,(H,26,27,31). The summed E-state index contributed by atoms with van der Waals surface area (Å²) in [5.41, 5.74) is 2.86. The Morgan fingerprint density at radius 1 is 1.32 bits per heavy atom. The van der Waals surface area contributed by atoms with E-state index in [0.29, 0.717) is 25.5 Å². The summed E-state index contributed by atoms with van der Waals surface area (Å²) in [6.07, 6.45) is 4.43. The van der Waals surface area contributed by atoms with Crippen LogP contribution in [0, 0.1) is 6.92 Å². The van der Waals surface area contributed by atoms with Crippen molar-refractivity contribution in [2.75, 3.05) is 33.1 Å². The van der Waals surface area contributed by atoms with Crippen LogP contribution in [0.2, 0.25) is 0 Å². The van der Waals surface area contributed by atoms with Gasteiger partial charge >= 0.3 is 6.03 Å². The van der Waals surface area contributed by atoms with Crippen molar-refractivity contribution in [3.63, 3.8) is 0 Å². The van der Waals surface area contributed by atoms with Gasteiger partial charge in [0.2, 0.25) is 5.91 Å². The predicted octanol–water partition coefficient (Wildman–Crippen LogP) is 4.24. The summed E-state index contributed by atoms with van der Waals surface area (Å²) in [7, 11) is 4.87. The fourth-order valence-electron chi connectivity index (χ4n) is 3.85. The number of nitrogens with one attached hydrogen (secondary N) is 1. The number of fused-ring (bicyclic) bond motifs is 2. The molecule has 0 saturated carbocycles. The summed E-state index contributed by atoms with van der Waals surface area (Å²) in [6, 6.07) is 9.96. The maximum atomic E-state index is 12.7. The number of carbonyl (C=O) groups is 2. The minimum Gasteiger partial charge on any atom is -0.354 e. The third-order valence-electron chi connectivity index (χ3n) is 5.87. The van der Waals surface area contributed by atoms with E-state index in [9.17, 15) is 9.59 Å². The molecule has 0 bridgehead atoms. The van der Waals surface area contributed by atoms with Gasteiger partial charge in [0.05, 0.1) is 19.6 Å². The van der Waals surface area contributed by atoms with Crippen molar-refractivity contribution in [1.29, 1.82) is 0 Å². The number of thiophene rings is 1.